The number of halogens is 1. The first-order valence-corrected chi connectivity index (χ1v) is 9.28. The summed E-state index contributed by atoms with van der Waals surface area (Å²) < 4.78 is 20.7. The summed E-state index contributed by atoms with van der Waals surface area (Å²) in [5, 5.41) is 11.4. The van der Waals surface area contributed by atoms with E-state index in [1.54, 1.807) is 43.1 Å². The highest BCUT2D eigenvalue weighted by Gasteiger charge is 2.15. The molecule has 1 aromatic heterocycles. The summed E-state index contributed by atoms with van der Waals surface area (Å²) in [4.78, 5) is 12.2. The van der Waals surface area contributed by atoms with Crippen molar-refractivity contribution in [2.45, 2.75) is 18.1 Å². The third kappa shape index (κ3) is 4.65. The van der Waals surface area contributed by atoms with Gasteiger partial charge in [0.25, 0.3) is 0 Å². The SMILES string of the molecule is COc1ccc(-n2cnnc2SCC(=O)NC(C)c2ccccc2F)cc1. The number of hydrogen-bond donors (Lipinski definition) is 1. The maximum atomic E-state index is 13.8. The van der Waals surface area contributed by atoms with Crippen LogP contribution in [0.5, 0.6) is 5.75 Å². The molecule has 0 aliphatic carbocycles. The molecule has 8 heteroatoms. The summed E-state index contributed by atoms with van der Waals surface area (Å²) in [6, 6.07) is 13.4. The number of carbonyl (C=O) groups excluding carboxylic acids is 1. The highest BCUT2D eigenvalue weighted by molar-refractivity contribution is 7.99. The largest absolute Gasteiger partial charge is 0.497 e. The number of nitrogens with zero attached hydrogens (tertiary/aromatic N) is 3. The molecule has 1 atom stereocenters. The van der Waals surface area contributed by atoms with Crippen LogP contribution >= 0.6 is 11.8 Å². The molecule has 0 aliphatic rings. The first-order valence-electron chi connectivity index (χ1n) is 8.29. The first kappa shape index (κ1) is 18.9. The lowest BCUT2D eigenvalue weighted by atomic mass is 10.1. The van der Waals surface area contributed by atoms with Gasteiger partial charge < -0.3 is 10.1 Å². The Morgan fingerprint density at radius 3 is 2.70 bits per heavy atom. The number of nitrogens with one attached hydrogen (secondary N) is 1. The van der Waals surface area contributed by atoms with Gasteiger partial charge in [0.15, 0.2) is 5.16 Å². The second kappa shape index (κ2) is 8.68. The molecule has 27 heavy (non-hydrogen) atoms. The zero-order chi connectivity index (χ0) is 19.2. The van der Waals surface area contributed by atoms with Gasteiger partial charge in [0.2, 0.25) is 5.91 Å². The van der Waals surface area contributed by atoms with Gasteiger partial charge in [0.05, 0.1) is 18.9 Å². The highest BCUT2D eigenvalue weighted by Crippen LogP contribution is 2.22. The predicted octanol–water partition coefficient (Wildman–Crippen LogP) is 3.38. The number of aromatic nitrogens is 3. The van der Waals surface area contributed by atoms with Crippen molar-refractivity contribution in [1.29, 1.82) is 0 Å². The van der Waals surface area contributed by atoms with Crippen LogP contribution in [0.25, 0.3) is 5.69 Å². The molecule has 1 amide bonds. The highest BCUT2D eigenvalue weighted by atomic mass is 32.2. The van der Waals surface area contributed by atoms with Crippen molar-refractivity contribution < 1.29 is 13.9 Å². The van der Waals surface area contributed by atoms with Gasteiger partial charge in [-0.3, -0.25) is 9.36 Å². The minimum Gasteiger partial charge on any atom is -0.497 e. The fourth-order valence-corrected chi connectivity index (χ4v) is 3.30. The van der Waals surface area contributed by atoms with Gasteiger partial charge in [-0.2, -0.15) is 0 Å². The molecule has 6 nitrogen and oxygen atoms in total. The maximum Gasteiger partial charge on any atom is 0.230 e. The molecular weight excluding hydrogens is 367 g/mol. The Hall–Kier alpha value is -2.87. The van der Waals surface area contributed by atoms with Crippen LogP contribution in [0.15, 0.2) is 60.0 Å². The summed E-state index contributed by atoms with van der Waals surface area (Å²) in [7, 11) is 1.61. The van der Waals surface area contributed by atoms with Gasteiger partial charge in [0.1, 0.15) is 17.9 Å². The van der Waals surface area contributed by atoms with E-state index in [4.69, 9.17) is 4.74 Å². The minimum atomic E-state index is -0.418. The Bertz CT molecular complexity index is 914. The molecule has 3 aromatic rings. The van der Waals surface area contributed by atoms with Gasteiger partial charge in [-0.25, -0.2) is 4.39 Å². The van der Waals surface area contributed by atoms with Gasteiger partial charge in [-0.05, 0) is 37.3 Å². The fraction of sp³-hybridized carbons (Fsp3) is 0.211. The number of thioether (sulfide) groups is 1. The molecule has 0 aliphatic heterocycles. The van der Waals surface area contributed by atoms with Gasteiger partial charge in [0, 0.05) is 11.3 Å². The standard InChI is InChI=1S/C19H19FN4O2S/c1-13(16-5-3-4-6-17(16)20)22-18(25)11-27-19-23-21-12-24(19)14-7-9-15(26-2)10-8-14/h3-10,12-13H,11H2,1-2H3,(H,22,25). The smallest absolute Gasteiger partial charge is 0.230 e. The normalized spacial score (nSPS) is 11.8. The lowest BCUT2D eigenvalue weighted by molar-refractivity contribution is -0.119. The number of benzene rings is 2. The summed E-state index contributed by atoms with van der Waals surface area (Å²) in [6.45, 7) is 1.75. The average Bonchev–Trinajstić information content (AvgIpc) is 3.15. The molecule has 1 N–H and O–H groups in total. The molecule has 0 radical (unpaired) electrons. The predicted molar refractivity (Wildman–Crippen MR) is 102 cm³/mol. The van der Waals surface area contributed by atoms with E-state index >= 15 is 0 Å². The summed E-state index contributed by atoms with van der Waals surface area (Å²) in [5.41, 5.74) is 1.32. The average molecular weight is 386 g/mol. The van der Waals surface area contributed by atoms with Crippen LogP contribution in [0.4, 0.5) is 4.39 Å². The van der Waals surface area contributed by atoms with E-state index in [1.165, 1.54) is 17.8 Å². The summed E-state index contributed by atoms with van der Waals surface area (Å²) in [5.74, 6) is 0.355. The zero-order valence-corrected chi connectivity index (χ0v) is 15.7. The Balaban J connectivity index is 1.61. The maximum absolute atomic E-state index is 13.8. The van der Waals surface area contributed by atoms with Gasteiger partial charge >= 0.3 is 0 Å². The first-order chi connectivity index (χ1) is 13.1. The molecule has 0 saturated heterocycles. The van der Waals surface area contributed by atoms with E-state index < -0.39 is 6.04 Å². The van der Waals surface area contributed by atoms with Crippen molar-refractivity contribution in [2.75, 3.05) is 12.9 Å². The van der Waals surface area contributed by atoms with E-state index in [-0.39, 0.29) is 17.5 Å². The van der Waals surface area contributed by atoms with Crippen molar-refractivity contribution in [2.24, 2.45) is 0 Å². The van der Waals surface area contributed by atoms with Gasteiger partial charge in [-0.1, -0.05) is 30.0 Å². The van der Waals surface area contributed by atoms with E-state index in [0.717, 1.165) is 11.4 Å². The minimum absolute atomic E-state index is 0.146. The molecule has 0 spiro atoms. The summed E-state index contributed by atoms with van der Waals surface area (Å²) in [6.07, 6.45) is 1.59. The molecule has 140 valence electrons. The Morgan fingerprint density at radius 1 is 1.26 bits per heavy atom. The van der Waals surface area contributed by atoms with Crippen LogP contribution < -0.4 is 10.1 Å². The second-order valence-electron chi connectivity index (χ2n) is 5.78. The zero-order valence-electron chi connectivity index (χ0n) is 14.9. The third-order valence-corrected chi connectivity index (χ3v) is 4.89. The van der Waals surface area contributed by atoms with E-state index in [1.807, 2.05) is 24.3 Å². The lowest BCUT2D eigenvalue weighted by Crippen LogP contribution is -2.28. The number of amides is 1. The second-order valence-corrected chi connectivity index (χ2v) is 6.72. The van der Waals surface area contributed by atoms with E-state index in [0.29, 0.717) is 10.7 Å². The quantitative estimate of drug-likeness (QED) is 0.631. The monoisotopic (exact) mass is 386 g/mol. The molecular formula is C19H19FN4O2S. The van der Waals surface area contributed by atoms with Crippen molar-refractivity contribution >= 4 is 17.7 Å². The van der Waals surface area contributed by atoms with Crippen LogP contribution in [-0.2, 0) is 4.79 Å². The number of rotatable bonds is 7. The van der Waals surface area contributed by atoms with Crippen LogP contribution in [0.3, 0.4) is 0 Å². The Labute approximate surface area is 160 Å². The van der Waals surface area contributed by atoms with Crippen LogP contribution in [-0.4, -0.2) is 33.5 Å². The molecule has 1 unspecified atom stereocenters. The van der Waals surface area contributed by atoms with E-state index in [2.05, 4.69) is 15.5 Å². The topological polar surface area (TPSA) is 69.0 Å². The van der Waals surface area contributed by atoms with E-state index in [9.17, 15) is 9.18 Å². The Morgan fingerprint density at radius 2 is 2.00 bits per heavy atom. The molecule has 0 bridgehead atoms. The molecule has 2 aromatic carbocycles. The summed E-state index contributed by atoms with van der Waals surface area (Å²) >= 11 is 1.26. The third-order valence-electron chi connectivity index (χ3n) is 3.95. The van der Waals surface area contributed by atoms with Crippen LogP contribution in [0, 0.1) is 5.82 Å². The number of hydrogen-bond acceptors (Lipinski definition) is 5. The fourth-order valence-electron chi connectivity index (χ4n) is 2.56. The number of carbonyl (C=O) groups is 1. The van der Waals surface area contributed by atoms with Crippen LogP contribution in [0.1, 0.15) is 18.5 Å². The van der Waals surface area contributed by atoms with Crippen molar-refractivity contribution in [1.82, 2.24) is 20.1 Å². The number of ether oxygens (including phenoxy) is 1. The van der Waals surface area contributed by atoms with Crippen LogP contribution in [0.2, 0.25) is 0 Å². The molecule has 0 saturated carbocycles. The van der Waals surface area contributed by atoms with Crippen molar-refractivity contribution in [3.63, 3.8) is 0 Å². The van der Waals surface area contributed by atoms with Crippen molar-refractivity contribution in [3.05, 3.63) is 66.2 Å². The lowest BCUT2D eigenvalue weighted by Gasteiger charge is -2.15. The molecule has 0 fully saturated rings. The van der Waals surface area contributed by atoms with Crippen molar-refractivity contribution in [3.8, 4) is 11.4 Å². The van der Waals surface area contributed by atoms with Gasteiger partial charge in [-0.15, -0.1) is 10.2 Å². The molecule has 1 heterocycles. The Kier molecular flexibility index (Phi) is 6.08. The number of methoxy groups -OCH3 is 1. The molecule has 3 rings (SSSR count).